The second-order valence-corrected chi connectivity index (χ2v) is 2.82. The van der Waals surface area contributed by atoms with Gasteiger partial charge in [-0.1, -0.05) is 0 Å². The van der Waals surface area contributed by atoms with Crippen molar-refractivity contribution in [1.29, 1.82) is 0 Å². The van der Waals surface area contributed by atoms with Crippen molar-refractivity contribution in [1.82, 2.24) is 15.0 Å². The first-order valence-electron chi connectivity index (χ1n) is 4.20. The van der Waals surface area contributed by atoms with Gasteiger partial charge in [0.25, 0.3) is 5.69 Å². The van der Waals surface area contributed by atoms with Gasteiger partial charge in [-0.15, -0.1) is 0 Å². The summed E-state index contributed by atoms with van der Waals surface area (Å²) in [5, 5.41) is 18.7. The van der Waals surface area contributed by atoms with Crippen LogP contribution >= 0.6 is 0 Å². The summed E-state index contributed by atoms with van der Waals surface area (Å²) in [6, 6.07) is 4.46. The Morgan fingerprint density at radius 3 is 2.79 bits per heavy atom. The van der Waals surface area contributed by atoms with Gasteiger partial charge in [-0.3, -0.25) is 10.1 Å². The SMILES string of the molecule is CCn1nc2ccc([N+](=O)[O-])cc2n1. The fourth-order valence-corrected chi connectivity index (χ4v) is 1.20. The summed E-state index contributed by atoms with van der Waals surface area (Å²) in [5.74, 6) is 0. The predicted molar refractivity (Wildman–Crippen MR) is 49.9 cm³/mol. The molecule has 0 unspecified atom stereocenters. The first-order chi connectivity index (χ1) is 6.70. The molecule has 1 aromatic heterocycles. The molecule has 0 amide bonds. The zero-order chi connectivity index (χ0) is 10.1. The van der Waals surface area contributed by atoms with E-state index in [0.29, 0.717) is 17.6 Å². The average molecular weight is 192 g/mol. The fraction of sp³-hybridized carbons (Fsp3) is 0.250. The maximum Gasteiger partial charge on any atom is 0.271 e. The van der Waals surface area contributed by atoms with Crippen molar-refractivity contribution < 1.29 is 4.92 Å². The molecule has 0 aliphatic heterocycles. The van der Waals surface area contributed by atoms with Gasteiger partial charge in [0, 0.05) is 12.1 Å². The fourth-order valence-electron chi connectivity index (χ4n) is 1.20. The number of nitro groups is 1. The van der Waals surface area contributed by atoms with Crippen LogP contribution in [-0.2, 0) is 6.54 Å². The minimum Gasteiger partial charge on any atom is -0.258 e. The summed E-state index contributed by atoms with van der Waals surface area (Å²) in [7, 11) is 0. The Bertz CT molecular complexity index is 491. The molecule has 0 saturated carbocycles. The van der Waals surface area contributed by atoms with Crippen LogP contribution in [0, 0.1) is 10.1 Å². The third-order valence-corrected chi connectivity index (χ3v) is 1.90. The summed E-state index contributed by atoms with van der Waals surface area (Å²) in [4.78, 5) is 11.5. The monoisotopic (exact) mass is 192 g/mol. The molecule has 0 atom stereocenters. The molecule has 6 heteroatoms. The Balaban J connectivity index is 2.59. The molecule has 0 N–H and O–H groups in total. The van der Waals surface area contributed by atoms with E-state index in [9.17, 15) is 10.1 Å². The molecular formula is C8H8N4O2. The normalized spacial score (nSPS) is 10.6. The Morgan fingerprint density at radius 1 is 1.43 bits per heavy atom. The number of benzene rings is 1. The molecule has 0 radical (unpaired) electrons. The van der Waals surface area contributed by atoms with Crippen molar-refractivity contribution in [2.45, 2.75) is 13.5 Å². The summed E-state index contributed by atoms with van der Waals surface area (Å²) in [6.45, 7) is 2.57. The van der Waals surface area contributed by atoms with Gasteiger partial charge >= 0.3 is 0 Å². The van der Waals surface area contributed by atoms with Crippen LogP contribution in [0.3, 0.4) is 0 Å². The van der Waals surface area contributed by atoms with Crippen LogP contribution in [0.15, 0.2) is 18.2 Å². The maximum atomic E-state index is 10.5. The second-order valence-electron chi connectivity index (χ2n) is 2.82. The number of aryl methyl sites for hydroxylation is 1. The van der Waals surface area contributed by atoms with Crippen LogP contribution in [0.1, 0.15) is 6.92 Å². The van der Waals surface area contributed by atoms with Gasteiger partial charge in [0.15, 0.2) is 0 Å². The smallest absolute Gasteiger partial charge is 0.258 e. The van der Waals surface area contributed by atoms with Crippen LogP contribution in [0.5, 0.6) is 0 Å². The Kier molecular flexibility index (Phi) is 1.88. The van der Waals surface area contributed by atoms with Gasteiger partial charge in [-0.25, -0.2) is 0 Å². The minimum atomic E-state index is -0.440. The third-order valence-electron chi connectivity index (χ3n) is 1.90. The number of hydrogen-bond donors (Lipinski definition) is 0. The van der Waals surface area contributed by atoms with E-state index in [-0.39, 0.29) is 5.69 Å². The van der Waals surface area contributed by atoms with Crippen LogP contribution in [0.25, 0.3) is 11.0 Å². The van der Waals surface area contributed by atoms with E-state index >= 15 is 0 Å². The molecule has 0 aliphatic rings. The Morgan fingerprint density at radius 2 is 2.14 bits per heavy atom. The van der Waals surface area contributed by atoms with Gasteiger partial charge in [0.05, 0.1) is 11.5 Å². The highest BCUT2D eigenvalue weighted by molar-refractivity contribution is 5.76. The zero-order valence-corrected chi connectivity index (χ0v) is 7.54. The van der Waals surface area contributed by atoms with E-state index in [1.807, 2.05) is 6.92 Å². The molecule has 1 heterocycles. The zero-order valence-electron chi connectivity index (χ0n) is 7.54. The third kappa shape index (κ3) is 1.30. The van der Waals surface area contributed by atoms with Gasteiger partial charge < -0.3 is 0 Å². The number of fused-ring (bicyclic) bond motifs is 1. The molecule has 72 valence electrons. The summed E-state index contributed by atoms with van der Waals surface area (Å²) >= 11 is 0. The maximum absolute atomic E-state index is 10.5. The van der Waals surface area contributed by atoms with E-state index in [1.165, 1.54) is 16.9 Å². The summed E-state index contributed by atoms with van der Waals surface area (Å²) in [5.41, 5.74) is 1.28. The van der Waals surface area contributed by atoms with Crippen LogP contribution < -0.4 is 0 Å². The van der Waals surface area contributed by atoms with Crippen molar-refractivity contribution in [3.63, 3.8) is 0 Å². The first kappa shape index (κ1) is 8.61. The molecular weight excluding hydrogens is 184 g/mol. The van der Waals surface area contributed by atoms with Crippen LogP contribution in [0.4, 0.5) is 5.69 Å². The lowest BCUT2D eigenvalue weighted by atomic mass is 10.3. The summed E-state index contributed by atoms with van der Waals surface area (Å²) < 4.78 is 0. The lowest BCUT2D eigenvalue weighted by Crippen LogP contribution is -1.97. The lowest BCUT2D eigenvalue weighted by Gasteiger charge is -1.87. The average Bonchev–Trinajstić information content (AvgIpc) is 2.58. The molecule has 6 nitrogen and oxygen atoms in total. The molecule has 0 fully saturated rings. The number of aromatic nitrogens is 3. The van der Waals surface area contributed by atoms with E-state index in [2.05, 4.69) is 10.2 Å². The molecule has 2 rings (SSSR count). The molecule has 0 spiro atoms. The number of nitro benzene ring substituents is 1. The first-order valence-corrected chi connectivity index (χ1v) is 4.20. The molecule has 0 aliphatic carbocycles. The van der Waals surface area contributed by atoms with Crippen molar-refractivity contribution in [2.24, 2.45) is 0 Å². The largest absolute Gasteiger partial charge is 0.271 e. The predicted octanol–water partition coefficient (Wildman–Crippen LogP) is 1.36. The van der Waals surface area contributed by atoms with Crippen molar-refractivity contribution >= 4 is 16.7 Å². The minimum absolute atomic E-state index is 0.0423. The Hall–Kier alpha value is -1.98. The second kappa shape index (κ2) is 3.06. The molecule has 0 bridgehead atoms. The van der Waals surface area contributed by atoms with Crippen molar-refractivity contribution in [2.75, 3.05) is 0 Å². The van der Waals surface area contributed by atoms with Crippen LogP contribution in [0.2, 0.25) is 0 Å². The van der Waals surface area contributed by atoms with E-state index in [0.717, 1.165) is 0 Å². The molecule has 0 saturated heterocycles. The van der Waals surface area contributed by atoms with Gasteiger partial charge in [-0.2, -0.15) is 15.0 Å². The van der Waals surface area contributed by atoms with E-state index in [1.54, 1.807) is 6.07 Å². The molecule has 14 heavy (non-hydrogen) atoms. The highest BCUT2D eigenvalue weighted by Gasteiger charge is 2.08. The van der Waals surface area contributed by atoms with Crippen molar-refractivity contribution in [3.05, 3.63) is 28.3 Å². The quantitative estimate of drug-likeness (QED) is 0.531. The highest BCUT2D eigenvalue weighted by Crippen LogP contribution is 2.17. The van der Waals surface area contributed by atoms with Crippen LogP contribution in [-0.4, -0.2) is 19.9 Å². The highest BCUT2D eigenvalue weighted by atomic mass is 16.6. The lowest BCUT2D eigenvalue weighted by molar-refractivity contribution is -0.384. The van der Waals surface area contributed by atoms with Crippen molar-refractivity contribution in [3.8, 4) is 0 Å². The number of non-ortho nitro benzene ring substituents is 1. The summed E-state index contributed by atoms with van der Waals surface area (Å²) in [6.07, 6.45) is 0. The number of hydrogen-bond acceptors (Lipinski definition) is 4. The molecule has 1 aromatic carbocycles. The van der Waals surface area contributed by atoms with Gasteiger partial charge in [-0.05, 0) is 13.0 Å². The van der Waals surface area contributed by atoms with Gasteiger partial charge in [0.1, 0.15) is 11.0 Å². The van der Waals surface area contributed by atoms with Gasteiger partial charge in [0.2, 0.25) is 0 Å². The standard InChI is InChI=1S/C8H8N4O2/c1-2-11-9-7-4-3-6(12(13)14)5-8(7)10-11/h3-5H,2H2,1H3. The van der Waals surface area contributed by atoms with E-state index in [4.69, 9.17) is 0 Å². The number of rotatable bonds is 2. The molecule has 2 aromatic rings. The Labute approximate surface area is 79.3 Å². The topological polar surface area (TPSA) is 73.8 Å². The van der Waals surface area contributed by atoms with E-state index < -0.39 is 4.92 Å². The number of nitrogens with zero attached hydrogens (tertiary/aromatic N) is 4.